The summed E-state index contributed by atoms with van der Waals surface area (Å²) < 4.78 is 5.21. The zero-order valence-electron chi connectivity index (χ0n) is 9.52. The van der Waals surface area contributed by atoms with Gasteiger partial charge in [0, 0.05) is 5.92 Å². The maximum absolute atomic E-state index is 9.01. The number of oxime groups is 1. The third-order valence-corrected chi connectivity index (χ3v) is 3.20. The number of ether oxygens (including phenoxy) is 1. The van der Waals surface area contributed by atoms with Crippen LogP contribution in [0.15, 0.2) is 29.4 Å². The summed E-state index contributed by atoms with van der Waals surface area (Å²) in [6.45, 7) is 0. The molecule has 1 unspecified atom stereocenters. The second-order valence-electron chi connectivity index (χ2n) is 4.17. The molecule has 0 saturated heterocycles. The molecular weight excluding hydrogens is 202 g/mol. The minimum Gasteiger partial charge on any atom is -0.497 e. The van der Waals surface area contributed by atoms with Crippen LogP contribution in [0.1, 0.15) is 37.2 Å². The molecule has 0 amide bonds. The topological polar surface area (TPSA) is 41.8 Å². The average molecular weight is 219 g/mol. The van der Waals surface area contributed by atoms with Gasteiger partial charge >= 0.3 is 0 Å². The van der Waals surface area contributed by atoms with Crippen LogP contribution in [0.3, 0.4) is 0 Å². The predicted molar refractivity (Wildman–Crippen MR) is 63.4 cm³/mol. The summed E-state index contributed by atoms with van der Waals surface area (Å²) >= 11 is 0. The van der Waals surface area contributed by atoms with Crippen molar-refractivity contribution in [1.29, 1.82) is 0 Å². The van der Waals surface area contributed by atoms with E-state index in [1.165, 1.54) is 12.0 Å². The van der Waals surface area contributed by atoms with Gasteiger partial charge in [-0.15, -0.1) is 0 Å². The molecule has 1 atom stereocenters. The first-order valence-corrected chi connectivity index (χ1v) is 5.70. The zero-order valence-corrected chi connectivity index (χ0v) is 9.52. The molecule has 3 heteroatoms. The minimum absolute atomic E-state index is 0.258. The Kier molecular flexibility index (Phi) is 3.44. The Labute approximate surface area is 95.7 Å². The normalized spacial score (nSPS) is 23.3. The first-order valence-electron chi connectivity index (χ1n) is 5.70. The van der Waals surface area contributed by atoms with E-state index < -0.39 is 0 Å². The molecule has 1 saturated carbocycles. The van der Waals surface area contributed by atoms with E-state index in [2.05, 4.69) is 11.2 Å². The van der Waals surface area contributed by atoms with Crippen LogP contribution in [-0.4, -0.2) is 18.0 Å². The number of methoxy groups -OCH3 is 1. The van der Waals surface area contributed by atoms with Crippen LogP contribution in [0.4, 0.5) is 0 Å². The molecule has 1 aromatic rings. The number of hydrogen-bond donors (Lipinski definition) is 1. The quantitative estimate of drug-likeness (QED) is 0.613. The molecule has 1 aliphatic carbocycles. The number of hydrogen-bond acceptors (Lipinski definition) is 3. The predicted octanol–water partition coefficient (Wildman–Crippen LogP) is 3.18. The molecule has 1 fully saturated rings. The van der Waals surface area contributed by atoms with Gasteiger partial charge in [0.25, 0.3) is 0 Å². The van der Waals surface area contributed by atoms with E-state index in [0.717, 1.165) is 30.7 Å². The summed E-state index contributed by atoms with van der Waals surface area (Å²) in [7, 11) is 1.67. The minimum atomic E-state index is 0.258. The number of benzene rings is 1. The van der Waals surface area contributed by atoms with Crippen LogP contribution in [0.5, 0.6) is 5.75 Å². The van der Waals surface area contributed by atoms with Crippen molar-refractivity contribution in [1.82, 2.24) is 0 Å². The largest absolute Gasteiger partial charge is 0.497 e. The van der Waals surface area contributed by atoms with Crippen molar-refractivity contribution < 1.29 is 9.94 Å². The Morgan fingerprint density at radius 3 is 3.00 bits per heavy atom. The van der Waals surface area contributed by atoms with Gasteiger partial charge in [0.2, 0.25) is 0 Å². The van der Waals surface area contributed by atoms with Gasteiger partial charge in [-0.05, 0) is 37.0 Å². The zero-order chi connectivity index (χ0) is 11.4. The molecule has 86 valence electrons. The van der Waals surface area contributed by atoms with Crippen LogP contribution in [0, 0.1) is 0 Å². The van der Waals surface area contributed by atoms with Crippen molar-refractivity contribution in [3.8, 4) is 5.75 Å². The van der Waals surface area contributed by atoms with Crippen molar-refractivity contribution in [2.75, 3.05) is 7.11 Å². The molecule has 0 aromatic heterocycles. The summed E-state index contributed by atoms with van der Waals surface area (Å²) in [5, 5.41) is 12.4. The molecule has 0 spiro atoms. The van der Waals surface area contributed by atoms with E-state index in [9.17, 15) is 0 Å². The highest BCUT2D eigenvalue weighted by molar-refractivity contribution is 5.91. The van der Waals surface area contributed by atoms with Gasteiger partial charge in [-0.2, -0.15) is 0 Å². The van der Waals surface area contributed by atoms with Gasteiger partial charge in [0.05, 0.1) is 12.8 Å². The van der Waals surface area contributed by atoms with E-state index in [-0.39, 0.29) is 5.92 Å². The maximum atomic E-state index is 9.01. The highest BCUT2D eigenvalue weighted by atomic mass is 16.5. The lowest BCUT2D eigenvalue weighted by Gasteiger charge is -2.23. The van der Waals surface area contributed by atoms with Crippen LogP contribution in [0.25, 0.3) is 0 Å². The third kappa shape index (κ3) is 2.18. The molecule has 2 rings (SSSR count). The molecule has 0 aliphatic heterocycles. The fraction of sp³-hybridized carbons (Fsp3) is 0.462. The average Bonchev–Trinajstić information content (AvgIpc) is 2.38. The highest BCUT2D eigenvalue weighted by Crippen LogP contribution is 2.32. The number of nitrogens with zero attached hydrogens (tertiary/aromatic N) is 1. The molecule has 0 heterocycles. The second kappa shape index (κ2) is 5.01. The third-order valence-electron chi connectivity index (χ3n) is 3.20. The van der Waals surface area contributed by atoms with Crippen LogP contribution < -0.4 is 4.74 Å². The SMILES string of the molecule is COc1cccc(C2CCCCC2=NO)c1. The molecule has 1 aliphatic rings. The van der Waals surface area contributed by atoms with E-state index >= 15 is 0 Å². The molecule has 1 N–H and O–H groups in total. The Bertz CT molecular complexity index is 387. The molecule has 0 bridgehead atoms. The fourth-order valence-electron chi connectivity index (χ4n) is 2.33. The monoisotopic (exact) mass is 219 g/mol. The lowest BCUT2D eigenvalue weighted by atomic mass is 9.82. The molecule has 16 heavy (non-hydrogen) atoms. The van der Waals surface area contributed by atoms with Crippen LogP contribution in [-0.2, 0) is 0 Å². The van der Waals surface area contributed by atoms with Gasteiger partial charge in [-0.1, -0.05) is 23.7 Å². The highest BCUT2D eigenvalue weighted by Gasteiger charge is 2.22. The molecule has 0 radical (unpaired) electrons. The fourth-order valence-corrected chi connectivity index (χ4v) is 2.33. The number of rotatable bonds is 2. The first kappa shape index (κ1) is 11.0. The summed E-state index contributed by atoms with van der Waals surface area (Å²) in [5.74, 6) is 1.12. The Balaban J connectivity index is 2.27. The van der Waals surface area contributed by atoms with Crippen molar-refractivity contribution in [3.05, 3.63) is 29.8 Å². The molecule has 3 nitrogen and oxygen atoms in total. The molecule has 1 aromatic carbocycles. The van der Waals surface area contributed by atoms with Crippen molar-refractivity contribution in [3.63, 3.8) is 0 Å². The lowest BCUT2D eigenvalue weighted by molar-refractivity contribution is 0.312. The van der Waals surface area contributed by atoms with Crippen molar-refractivity contribution in [2.24, 2.45) is 5.16 Å². The van der Waals surface area contributed by atoms with E-state index in [0.29, 0.717) is 0 Å². The van der Waals surface area contributed by atoms with E-state index in [1.807, 2.05) is 18.2 Å². The van der Waals surface area contributed by atoms with Crippen LogP contribution >= 0.6 is 0 Å². The Hall–Kier alpha value is -1.51. The summed E-state index contributed by atoms with van der Waals surface area (Å²) in [4.78, 5) is 0. The van der Waals surface area contributed by atoms with E-state index in [1.54, 1.807) is 7.11 Å². The van der Waals surface area contributed by atoms with Gasteiger partial charge in [-0.25, -0.2) is 0 Å². The first-order chi connectivity index (χ1) is 7.85. The summed E-state index contributed by atoms with van der Waals surface area (Å²) in [6.07, 6.45) is 4.28. The van der Waals surface area contributed by atoms with Crippen molar-refractivity contribution >= 4 is 5.71 Å². The standard InChI is InChI=1S/C13H17NO2/c1-16-11-6-4-5-10(9-11)12-7-2-3-8-13(12)14-15/h4-6,9,12,15H,2-3,7-8H2,1H3. The van der Waals surface area contributed by atoms with Gasteiger partial charge in [0.1, 0.15) is 5.75 Å². The van der Waals surface area contributed by atoms with E-state index in [4.69, 9.17) is 9.94 Å². The maximum Gasteiger partial charge on any atom is 0.119 e. The second-order valence-corrected chi connectivity index (χ2v) is 4.17. The molecular formula is C13H17NO2. The van der Waals surface area contributed by atoms with Crippen molar-refractivity contribution in [2.45, 2.75) is 31.6 Å². The van der Waals surface area contributed by atoms with Crippen LogP contribution in [0.2, 0.25) is 0 Å². The van der Waals surface area contributed by atoms with Gasteiger partial charge < -0.3 is 9.94 Å². The smallest absolute Gasteiger partial charge is 0.119 e. The van der Waals surface area contributed by atoms with Gasteiger partial charge in [-0.3, -0.25) is 0 Å². The van der Waals surface area contributed by atoms with Gasteiger partial charge in [0.15, 0.2) is 0 Å². The summed E-state index contributed by atoms with van der Waals surface area (Å²) in [6, 6.07) is 8.02. The lowest BCUT2D eigenvalue weighted by Crippen LogP contribution is -2.17. The Morgan fingerprint density at radius 1 is 1.38 bits per heavy atom. The summed E-state index contributed by atoms with van der Waals surface area (Å²) in [5.41, 5.74) is 2.09. The Morgan fingerprint density at radius 2 is 2.25 bits per heavy atom.